The third-order valence-electron chi connectivity index (χ3n) is 5.75. The molecule has 10 heteroatoms. The molecule has 38 heavy (non-hydrogen) atoms. The van der Waals surface area contributed by atoms with Crippen molar-refractivity contribution in [3.05, 3.63) is 71.8 Å². The summed E-state index contributed by atoms with van der Waals surface area (Å²) in [5.41, 5.74) is -1.18. The van der Waals surface area contributed by atoms with E-state index < -0.39 is 53.8 Å². The largest absolute Gasteiger partial charge is 0.478 e. The molecule has 0 bridgehead atoms. The Kier molecular flexibility index (Phi) is 11.0. The molecule has 1 unspecified atom stereocenters. The molecule has 0 aromatic heterocycles. The topological polar surface area (TPSA) is 140 Å². The summed E-state index contributed by atoms with van der Waals surface area (Å²) >= 11 is 0. The molecule has 3 N–H and O–H groups in total. The molecule has 10 nitrogen and oxygen atoms in total. The Balaban J connectivity index is 2.29. The maximum absolute atomic E-state index is 13.3. The van der Waals surface area contributed by atoms with Gasteiger partial charge in [-0.05, 0) is 51.7 Å². The molecule has 2 rings (SSSR count). The summed E-state index contributed by atoms with van der Waals surface area (Å²) in [7, 11) is 1.17. The highest BCUT2D eigenvalue weighted by atomic mass is 16.7. The number of carboxylic acid groups (broad SMARTS) is 1. The number of hydrogen-bond acceptors (Lipinski definition) is 8. The Morgan fingerprint density at radius 3 is 1.76 bits per heavy atom. The molecule has 0 saturated heterocycles. The van der Waals surface area contributed by atoms with Crippen molar-refractivity contribution in [2.24, 2.45) is 5.41 Å². The summed E-state index contributed by atoms with van der Waals surface area (Å²) in [4.78, 5) is 50.2. The second kappa shape index (κ2) is 13.7. The van der Waals surface area contributed by atoms with Crippen LogP contribution >= 0.6 is 0 Å². The number of esters is 2. The first kappa shape index (κ1) is 30.5. The van der Waals surface area contributed by atoms with Crippen LogP contribution in [0.2, 0.25) is 0 Å². The van der Waals surface area contributed by atoms with Crippen molar-refractivity contribution in [2.75, 3.05) is 13.9 Å². The summed E-state index contributed by atoms with van der Waals surface area (Å²) in [6.07, 6.45) is 0.301. The van der Waals surface area contributed by atoms with Crippen molar-refractivity contribution in [2.45, 2.75) is 58.3 Å². The maximum atomic E-state index is 13.3. The molecule has 1 amide bonds. The Hall–Kier alpha value is -3.76. The van der Waals surface area contributed by atoms with Gasteiger partial charge in [-0.2, -0.15) is 0 Å². The molecule has 0 heterocycles. The van der Waals surface area contributed by atoms with Crippen LogP contribution in [0.4, 0.5) is 0 Å². The van der Waals surface area contributed by atoms with Crippen molar-refractivity contribution in [1.82, 2.24) is 10.6 Å². The zero-order chi connectivity index (χ0) is 28.3. The monoisotopic (exact) mass is 528 g/mol. The van der Waals surface area contributed by atoms with Crippen LogP contribution in [0.1, 0.15) is 38.8 Å². The summed E-state index contributed by atoms with van der Waals surface area (Å²) in [5, 5.41) is 15.0. The van der Waals surface area contributed by atoms with Crippen molar-refractivity contribution in [3.63, 3.8) is 0 Å². The van der Waals surface area contributed by atoms with Gasteiger partial charge in [0, 0.05) is 7.11 Å². The van der Waals surface area contributed by atoms with E-state index in [9.17, 15) is 24.3 Å². The minimum Gasteiger partial charge on any atom is -0.478 e. The molecule has 0 saturated carbocycles. The minimum atomic E-state index is -1.98. The van der Waals surface area contributed by atoms with E-state index in [1.807, 2.05) is 48.5 Å². The van der Waals surface area contributed by atoms with Crippen LogP contribution in [0, 0.1) is 5.41 Å². The van der Waals surface area contributed by atoms with Crippen LogP contribution in [0.5, 0.6) is 0 Å². The summed E-state index contributed by atoms with van der Waals surface area (Å²) in [6.45, 7) is 5.65. The molecule has 2 aromatic carbocycles. The molecule has 2 aromatic rings. The van der Waals surface area contributed by atoms with Gasteiger partial charge in [0.15, 0.2) is 0 Å². The Morgan fingerprint density at radius 1 is 0.816 bits per heavy atom. The van der Waals surface area contributed by atoms with E-state index in [0.29, 0.717) is 0 Å². The number of hydrogen-bond donors (Lipinski definition) is 3. The summed E-state index contributed by atoms with van der Waals surface area (Å²) in [5.74, 6) is -3.35. The number of amides is 1. The van der Waals surface area contributed by atoms with E-state index in [1.165, 1.54) is 14.0 Å². The van der Waals surface area contributed by atoms with Crippen molar-refractivity contribution < 1.29 is 38.5 Å². The lowest BCUT2D eigenvalue weighted by Crippen LogP contribution is -2.60. The number of aliphatic carboxylic acids is 1. The van der Waals surface area contributed by atoms with Gasteiger partial charge in [-0.15, -0.1) is 0 Å². The lowest BCUT2D eigenvalue weighted by Gasteiger charge is -2.29. The molecule has 0 aliphatic heterocycles. The van der Waals surface area contributed by atoms with E-state index in [-0.39, 0.29) is 12.8 Å². The highest BCUT2D eigenvalue weighted by molar-refractivity contribution is 5.89. The summed E-state index contributed by atoms with van der Waals surface area (Å²) in [6, 6.07) is 16.1. The molecular formula is C28H36N2O8. The number of methoxy groups -OCH3 is 1. The van der Waals surface area contributed by atoms with Crippen molar-refractivity contribution in [1.29, 1.82) is 0 Å². The van der Waals surface area contributed by atoms with Crippen LogP contribution < -0.4 is 10.6 Å². The standard InChI is InChI=1S/C28H36N2O8/c1-27(2,3)26(35)38-18-37-24(32)22(17-20-14-10-7-11-15-20)29-21(16-19-12-8-6-9-13-19)23(31)30-28(4,36-5)25(33)34/h6-15,21-22,29H,16-18H2,1-5H3,(H,30,31)(H,33,34)/t21-,22?,28+/m0/s1. The number of nitrogens with one attached hydrogen (secondary N) is 2. The van der Waals surface area contributed by atoms with Crippen molar-refractivity contribution in [3.8, 4) is 0 Å². The number of rotatable bonds is 13. The predicted molar refractivity (Wildman–Crippen MR) is 139 cm³/mol. The van der Waals surface area contributed by atoms with E-state index in [0.717, 1.165) is 11.1 Å². The molecule has 0 spiro atoms. The van der Waals surface area contributed by atoms with Gasteiger partial charge in [0.2, 0.25) is 18.4 Å². The van der Waals surface area contributed by atoms with E-state index in [2.05, 4.69) is 10.6 Å². The van der Waals surface area contributed by atoms with Gasteiger partial charge in [-0.25, -0.2) is 4.79 Å². The average Bonchev–Trinajstić information content (AvgIpc) is 2.88. The quantitative estimate of drug-likeness (QED) is 0.264. The van der Waals surface area contributed by atoms with Crippen molar-refractivity contribution >= 4 is 23.8 Å². The highest BCUT2D eigenvalue weighted by Crippen LogP contribution is 2.15. The molecule has 0 radical (unpaired) electrons. The number of carboxylic acids is 1. The highest BCUT2D eigenvalue weighted by Gasteiger charge is 2.38. The smallest absolute Gasteiger partial charge is 0.357 e. The van der Waals surface area contributed by atoms with E-state index in [4.69, 9.17) is 14.2 Å². The number of carbonyl (C=O) groups excluding carboxylic acids is 3. The van der Waals surface area contributed by atoms with Crippen LogP contribution in [-0.2, 0) is 46.2 Å². The first-order valence-corrected chi connectivity index (χ1v) is 12.1. The van der Waals surface area contributed by atoms with Crippen LogP contribution in [0.25, 0.3) is 0 Å². The third kappa shape index (κ3) is 9.28. The van der Waals surface area contributed by atoms with Crippen LogP contribution in [-0.4, -0.2) is 60.6 Å². The normalized spacial score (nSPS) is 14.4. The SMILES string of the molecule is CO[C@@](C)(NC(=O)[C@H](Cc1ccccc1)NC(Cc1ccccc1)C(=O)OCOC(=O)C(C)(C)C)C(=O)O. The van der Waals surface area contributed by atoms with Crippen LogP contribution in [0.15, 0.2) is 60.7 Å². The molecule has 3 atom stereocenters. The van der Waals surface area contributed by atoms with Gasteiger partial charge < -0.3 is 24.6 Å². The fraction of sp³-hybridized carbons (Fsp3) is 0.429. The second-order valence-corrected chi connectivity index (χ2v) is 9.95. The molecule has 0 fully saturated rings. The minimum absolute atomic E-state index is 0.143. The maximum Gasteiger partial charge on any atom is 0.357 e. The Bertz CT molecular complexity index is 1090. The van der Waals surface area contributed by atoms with E-state index >= 15 is 0 Å². The molecule has 0 aliphatic carbocycles. The zero-order valence-corrected chi connectivity index (χ0v) is 22.4. The second-order valence-electron chi connectivity index (χ2n) is 9.95. The third-order valence-corrected chi connectivity index (χ3v) is 5.75. The van der Waals surface area contributed by atoms with Gasteiger partial charge in [-0.1, -0.05) is 60.7 Å². The number of carbonyl (C=O) groups is 4. The Morgan fingerprint density at radius 2 is 1.32 bits per heavy atom. The fourth-order valence-electron chi connectivity index (χ4n) is 3.35. The lowest BCUT2D eigenvalue weighted by atomic mass is 9.98. The zero-order valence-electron chi connectivity index (χ0n) is 22.4. The van der Waals surface area contributed by atoms with Gasteiger partial charge >= 0.3 is 17.9 Å². The Labute approximate surface area is 222 Å². The number of benzene rings is 2. The first-order valence-electron chi connectivity index (χ1n) is 12.1. The molecule has 206 valence electrons. The van der Waals surface area contributed by atoms with Gasteiger partial charge in [0.05, 0.1) is 11.5 Å². The predicted octanol–water partition coefficient (Wildman–Crippen LogP) is 2.45. The van der Waals surface area contributed by atoms with Crippen LogP contribution in [0.3, 0.4) is 0 Å². The first-order chi connectivity index (χ1) is 17.9. The molecule has 0 aliphatic rings. The van der Waals surface area contributed by atoms with E-state index in [1.54, 1.807) is 32.9 Å². The fourth-order valence-corrected chi connectivity index (χ4v) is 3.35. The van der Waals surface area contributed by atoms with Gasteiger partial charge in [0.1, 0.15) is 6.04 Å². The number of ether oxygens (including phenoxy) is 3. The molecular weight excluding hydrogens is 492 g/mol. The average molecular weight is 529 g/mol. The van der Waals surface area contributed by atoms with Gasteiger partial charge in [-0.3, -0.25) is 19.7 Å². The summed E-state index contributed by atoms with van der Waals surface area (Å²) < 4.78 is 15.3. The van der Waals surface area contributed by atoms with Gasteiger partial charge in [0.25, 0.3) is 0 Å². The lowest BCUT2D eigenvalue weighted by molar-refractivity contribution is -0.174.